The molecule has 1 amide bonds. The van der Waals surface area contributed by atoms with Gasteiger partial charge in [0.25, 0.3) is 5.91 Å². The Morgan fingerprint density at radius 1 is 1.00 bits per heavy atom. The van der Waals surface area contributed by atoms with Crippen LogP contribution >= 0.6 is 15.9 Å². The van der Waals surface area contributed by atoms with Crippen LogP contribution in [0.1, 0.15) is 18.9 Å². The Hall–Kier alpha value is -3.26. The number of methoxy groups -OCH3 is 3. The van der Waals surface area contributed by atoms with Crippen molar-refractivity contribution in [2.45, 2.75) is 19.4 Å². The Bertz CT molecular complexity index is 1130. The second-order valence-electron chi connectivity index (χ2n) is 6.80. The molecular weight excluding hydrogens is 476 g/mol. The van der Waals surface area contributed by atoms with Crippen molar-refractivity contribution in [3.63, 3.8) is 0 Å². The molecule has 0 aliphatic heterocycles. The molecule has 0 aliphatic carbocycles. The number of ether oxygens (including phenoxy) is 4. The Kier molecular flexibility index (Phi) is 7.94. The average Bonchev–Trinajstić information content (AvgIpc) is 2.83. The van der Waals surface area contributed by atoms with E-state index in [0.29, 0.717) is 35.0 Å². The zero-order valence-electron chi connectivity index (χ0n) is 18.3. The molecule has 8 heteroatoms. The van der Waals surface area contributed by atoms with E-state index >= 15 is 0 Å². The number of carbonyl (C=O) groups excluding carboxylic acids is 1. The largest absolute Gasteiger partial charge is 0.496 e. The highest BCUT2D eigenvalue weighted by Gasteiger charge is 2.20. The average molecular weight is 501 g/mol. The smallest absolute Gasteiger partial charge is 0.281 e. The molecule has 1 unspecified atom stereocenters. The van der Waals surface area contributed by atoms with Crippen molar-refractivity contribution >= 4 is 38.8 Å². The van der Waals surface area contributed by atoms with E-state index in [0.717, 1.165) is 15.2 Å². The highest BCUT2D eigenvalue weighted by molar-refractivity contribution is 9.10. The van der Waals surface area contributed by atoms with Gasteiger partial charge in [-0.25, -0.2) is 5.43 Å². The highest BCUT2D eigenvalue weighted by Crippen LogP contribution is 2.35. The number of carbonyl (C=O) groups is 1. The van der Waals surface area contributed by atoms with Gasteiger partial charge in [-0.2, -0.15) is 5.10 Å². The van der Waals surface area contributed by atoms with Crippen LogP contribution in [-0.2, 0) is 4.79 Å². The number of amides is 1. The maximum Gasteiger partial charge on any atom is 0.281 e. The summed E-state index contributed by atoms with van der Waals surface area (Å²) in [5.41, 5.74) is 3.16. The van der Waals surface area contributed by atoms with Crippen LogP contribution < -0.4 is 24.4 Å². The van der Waals surface area contributed by atoms with Crippen LogP contribution in [0.5, 0.6) is 23.0 Å². The number of halogens is 1. The molecule has 0 aliphatic rings. The molecule has 32 heavy (non-hydrogen) atoms. The second kappa shape index (κ2) is 10.9. The maximum absolute atomic E-state index is 12.7. The Labute approximate surface area is 195 Å². The molecule has 0 fully saturated rings. The predicted octanol–water partition coefficient (Wildman–Crippen LogP) is 4.94. The molecule has 7 nitrogen and oxygen atoms in total. The number of fused-ring (bicyclic) bond motifs is 1. The van der Waals surface area contributed by atoms with Gasteiger partial charge in [-0.3, -0.25) is 4.79 Å². The molecule has 0 aromatic heterocycles. The molecule has 0 saturated carbocycles. The van der Waals surface area contributed by atoms with Gasteiger partial charge in [-0.15, -0.1) is 0 Å². The van der Waals surface area contributed by atoms with E-state index in [1.807, 2.05) is 43.3 Å². The molecule has 168 valence electrons. The lowest BCUT2D eigenvalue weighted by atomic mass is 10.1. The predicted molar refractivity (Wildman–Crippen MR) is 128 cm³/mol. The van der Waals surface area contributed by atoms with Gasteiger partial charge in [0.05, 0.1) is 32.0 Å². The number of hydrogen-bond donors (Lipinski definition) is 1. The zero-order chi connectivity index (χ0) is 23.1. The summed E-state index contributed by atoms with van der Waals surface area (Å²) in [5, 5.41) is 6.17. The zero-order valence-corrected chi connectivity index (χ0v) is 19.9. The van der Waals surface area contributed by atoms with Crippen molar-refractivity contribution in [3.8, 4) is 23.0 Å². The molecule has 0 heterocycles. The fourth-order valence-corrected chi connectivity index (χ4v) is 3.76. The minimum absolute atomic E-state index is 0.358. The van der Waals surface area contributed by atoms with Gasteiger partial charge in [-0.1, -0.05) is 37.3 Å². The Morgan fingerprint density at radius 3 is 2.38 bits per heavy atom. The highest BCUT2D eigenvalue weighted by atomic mass is 79.9. The first-order valence-electron chi connectivity index (χ1n) is 9.99. The van der Waals surface area contributed by atoms with Crippen LogP contribution in [-0.4, -0.2) is 39.6 Å². The summed E-state index contributed by atoms with van der Waals surface area (Å²) in [6.07, 6.45) is 1.24. The summed E-state index contributed by atoms with van der Waals surface area (Å²) in [4.78, 5) is 12.7. The van der Waals surface area contributed by atoms with Gasteiger partial charge >= 0.3 is 0 Å². The first-order valence-corrected chi connectivity index (χ1v) is 10.8. The Morgan fingerprint density at radius 2 is 1.69 bits per heavy atom. The number of nitrogens with zero attached hydrogens (tertiary/aromatic N) is 1. The van der Waals surface area contributed by atoms with Gasteiger partial charge in [0.2, 0.25) is 0 Å². The van der Waals surface area contributed by atoms with Crippen LogP contribution in [0.3, 0.4) is 0 Å². The molecule has 0 saturated heterocycles. The number of rotatable bonds is 9. The minimum Gasteiger partial charge on any atom is -0.496 e. The maximum atomic E-state index is 12.7. The van der Waals surface area contributed by atoms with Crippen molar-refractivity contribution in [2.24, 2.45) is 5.10 Å². The van der Waals surface area contributed by atoms with Gasteiger partial charge < -0.3 is 18.9 Å². The third-order valence-electron chi connectivity index (χ3n) is 4.87. The number of benzene rings is 3. The number of nitrogens with one attached hydrogen (secondary N) is 1. The van der Waals surface area contributed by atoms with Crippen molar-refractivity contribution in [1.82, 2.24) is 5.43 Å². The van der Waals surface area contributed by atoms with E-state index in [-0.39, 0.29) is 5.91 Å². The number of hydrazone groups is 1. The summed E-state index contributed by atoms with van der Waals surface area (Å²) >= 11 is 3.59. The molecule has 3 aromatic carbocycles. The molecule has 3 aromatic rings. The van der Waals surface area contributed by atoms with E-state index in [4.69, 9.17) is 18.9 Å². The lowest BCUT2D eigenvalue weighted by molar-refractivity contribution is -0.128. The van der Waals surface area contributed by atoms with E-state index < -0.39 is 6.10 Å². The number of hydrogen-bond acceptors (Lipinski definition) is 6. The molecule has 0 radical (unpaired) electrons. The standard InChI is InChI=1S/C24H25BrN2O5/c1-5-18(32-19-11-10-15-8-6-7-9-17(15)23(19)25)24(28)27-26-14-16-12-21(30-3)22(31-4)13-20(16)29-2/h6-14,18H,5H2,1-4H3,(H,27,28). The summed E-state index contributed by atoms with van der Waals surface area (Å²) in [7, 11) is 4.63. The fraction of sp³-hybridized carbons (Fsp3) is 0.250. The summed E-state index contributed by atoms with van der Waals surface area (Å²) in [5.74, 6) is 1.83. The van der Waals surface area contributed by atoms with Gasteiger partial charge in [-0.05, 0) is 45.3 Å². The van der Waals surface area contributed by atoms with Crippen LogP contribution in [0.2, 0.25) is 0 Å². The fourth-order valence-electron chi connectivity index (χ4n) is 3.17. The van der Waals surface area contributed by atoms with E-state index in [1.54, 1.807) is 33.5 Å². The molecular formula is C24H25BrN2O5. The van der Waals surface area contributed by atoms with E-state index in [2.05, 4.69) is 26.5 Å². The second-order valence-corrected chi connectivity index (χ2v) is 7.59. The third kappa shape index (κ3) is 5.13. The summed E-state index contributed by atoms with van der Waals surface area (Å²) in [6.45, 7) is 1.88. The van der Waals surface area contributed by atoms with Crippen LogP contribution in [0.4, 0.5) is 0 Å². The topological polar surface area (TPSA) is 78.4 Å². The summed E-state index contributed by atoms with van der Waals surface area (Å²) < 4.78 is 22.8. The van der Waals surface area contributed by atoms with Crippen molar-refractivity contribution < 1.29 is 23.7 Å². The van der Waals surface area contributed by atoms with Crippen molar-refractivity contribution in [3.05, 3.63) is 58.6 Å². The third-order valence-corrected chi connectivity index (χ3v) is 5.69. The van der Waals surface area contributed by atoms with Gasteiger partial charge in [0.1, 0.15) is 11.5 Å². The lowest BCUT2D eigenvalue weighted by Gasteiger charge is -2.17. The summed E-state index contributed by atoms with van der Waals surface area (Å²) in [6, 6.07) is 15.2. The van der Waals surface area contributed by atoms with Gasteiger partial charge in [0, 0.05) is 11.6 Å². The molecule has 3 rings (SSSR count). The molecule has 1 atom stereocenters. The quantitative estimate of drug-likeness (QED) is 0.332. The lowest BCUT2D eigenvalue weighted by Crippen LogP contribution is -2.35. The van der Waals surface area contributed by atoms with E-state index in [1.165, 1.54) is 6.21 Å². The molecule has 0 bridgehead atoms. The minimum atomic E-state index is -0.711. The van der Waals surface area contributed by atoms with Crippen LogP contribution in [0, 0.1) is 0 Å². The van der Waals surface area contributed by atoms with Gasteiger partial charge in [0.15, 0.2) is 17.6 Å². The van der Waals surface area contributed by atoms with Crippen molar-refractivity contribution in [2.75, 3.05) is 21.3 Å². The van der Waals surface area contributed by atoms with Crippen LogP contribution in [0.25, 0.3) is 10.8 Å². The molecule has 1 N–H and O–H groups in total. The normalized spacial score (nSPS) is 11.9. The van der Waals surface area contributed by atoms with E-state index in [9.17, 15) is 4.79 Å². The first kappa shape index (κ1) is 23.4. The first-order chi connectivity index (χ1) is 15.5. The van der Waals surface area contributed by atoms with Crippen molar-refractivity contribution in [1.29, 1.82) is 0 Å². The monoisotopic (exact) mass is 500 g/mol. The molecule has 0 spiro atoms. The SMILES string of the molecule is CCC(Oc1ccc2ccccc2c1Br)C(=O)NN=Cc1cc(OC)c(OC)cc1OC. The van der Waals surface area contributed by atoms with Crippen LogP contribution in [0.15, 0.2) is 58.1 Å². The Balaban J connectivity index is 1.73.